The first-order chi connectivity index (χ1) is 43.2. The minimum atomic E-state index is -0.538. The van der Waals surface area contributed by atoms with Gasteiger partial charge in [-0.2, -0.15) is 0 Å². The summed E-state index contributed by atoms with van der Waals surface area (Å²) in [7, 11) is 0. The van der Waals surface area contributed by atoms with E-state index >= 15 is 0 Å². The van der Waals surface area contributed by atoms with E-state index in [1.807, 2.05) is 23.5 Å². The van der Waals surface area contributed by atoms with Crippen molar-refractivity contribution in [2.24, 2.45) is 0 Å². The largest absolute Gasteiger partial charge is 0.308 e. The molecule has 14 aromatic rings. The van der Waals surface area contributed by atoms with Crippen molar-refractivity contribution in [2.75, 3.05) is 9.80 Å². The zero-order valence-electron chi connectivity index (χ0n) is 49.3. The van der Waals surface area contributed by atoms with E-state index in [0.717, 1.165) is 11.4 Å². The summed E-state index contributed by atoms with van der Waals surface area (Å²) in [5.74, 6) is 0. The highest BCUT2D eigenvalue weighted by Gasteiger charge is 2.49. The molecular formula is C84H58N2S2. The summed E-state index contributed by atoms with van der Waals surface area (Å²) in [5.41, 5.74) is 26.5. The fraction of sp³-hybridized carbons (Fsp3) is 0.0714. The summed E-state index contributed by atoms with van der Waals surface area (Å²) in [6.07, 6.45) is 0. The lowest BCUT2D eigenvalue weighted by atomic mass is 9.67. The van der Waals surface area contributed by atoms with Gasteiger partial charge in [0, 0.05) is 31.0 Å². The number of anilines is 6. The second-order valence-corrected chi connectivity index (χ2v) is 26.8. The summed E-state index contributed by atoms with van der Waals surface area (Å²) < 4.78 is 0. The van der Waals surface area contributed by atoms with Gasteiger partial charge in [0.25, 0.3) is 0 Å². The van der Waals surface area contributed by atoms with Crippen molar-refractivity contribution in [3.05, 3.63) is 346 Å². The lowest BCUT2D eigenvalue weighted by molar-refractivity contribution is 0.766. The van der Waals surface area contributed by atoms with Gasteiger partial charge in [0.15, 0.2) is 0 Å². The van der Waals surface area contributed by atoms with E-state index in [1.165, 1.54) is 164 Å². The molecule has 0 atom stereocenters. The molecule has 88 heavy (non-hydrogen) atoms. The maximum Gasteiger partial charge on any atom is 0.0714 e. The van der Waals surface area contributed by atoms with Crippen LogP contribution in [0, 0.1) is 27.7 Å². The SMILES string of the molecule is Cc1ccc(C2(c3ccc(C)cc3)c3ccccc3-c3cc4c(cc32)N(c2ccc3c5ccc(N6c7ccccc7Sc7cc8c(cc76)C(c6ccc(C)cc6)(c6ccc(C)cc6)c6ccccc6-8)cc5c5ccccc5c3c2)c2ccccc2S4)cc1. The third-order valence-corrected chi connectivity index (χ3v) is 21.9. The van der Waals surface area contributed by atoms with E-state index in [9.17, 15) is 0 Å². The molecule has 14 aromatic carbocycles. The molecule has 0 saturated carbocycles. The predicted octanol–water partition coefficient (Wildman–Crippen LogP) is 23.0. The third kappa shape index (κ3) is 7.28. The molecule has 0 aromatic heterocycles. The van der Waals surface area contributed by atoms with E-state index < -0.39 is 10.8 Å². The van der Waals surface area contributed by atoms with Crippen LogP contribution in [-0.2, 0) is 10.8 Å². The van der Waals surface area contributed by atoms with Crippen LogP contribution in [0.1, 0.15) is 66.8 Å². The van der Waals surface area contributed by atoms with Gasteiger partial charge in [0.2, 0.25) is 0 Å². The van der Waals surface area contributed by atoms with E-state index in [-0.39, 0.29) is 0 Å². The van der Waals surface area contributed by atoms with Gasteiger partial charge in [-0.25, -0.2) is 0 Å². The minimum absolute atomic E-state index is 0.538. The molecular weight excluding hydrogens is 1100 g/mol. The molecule has 4 heteroatoms. The number of fused-ring (bicyclic) bond motifs is 16. The van der Waals surface area contributed by atoms with Gasteiger partial charge < -0.3 is 9.80 Å². The second-order valence-electron chi connectivity index (χ2n) is 24.6. The van der Waals surface area contributed by atoms with E-state index in [2.05, 4.69) is 317 Å². The summed E-state index contributed by atoms with van der Waals surface area (Å²) in [5, 5.41) is 7.40. The first-order valence-electron chi connectivity index (χ1n) is 30.6. The highest BCUT2D eigenvalue weighted by Crippen LogP contribution is 2.64. The molecule has 2 nitrogen and oxygen atoms in total. The molecule has 0 bridgehead atoms. The molecule has 2 aliphatic carbocycles. The van der Waals surface area contributed by atoms with Gasteiger partial charge in [-0.05, 0) is 200 Å². The van der Waals surface area contributed by atoms with Crippen molar-refractivity contribution < 1.29 is 0 Å². The number of hydrogen-bond donors (Lipinski definition) is 0. The Balaban J connectivity index is 0.824. The number of rotatable bonds is 6. The summed E-state index contributed by atoms with van der Waals surface area (Å²) in [6.45, 7) is 8.75. The van der Waals surface area contributed by atoms with Crippen molar-refractivity contribution in [2.45, 2.75) is 58.1 Å². The van der Waals surface area contributed by atoms with E-state index in [1.54, 1.807) is 0 Å². The minimum Gasteiger partial charge on any atom is -0.308 e. The van der Waals surface area contributed by atoms with Gasteiger partial charge in [-0.3, -0.25) is 0 Å². The van der Waals surface area contributed by atoms with Gasteiger partial charge in [-0.15, -0.1) is 0 Å². The van der Waals surface area contributed by atoms with Gasteiger partial charge in [0.05, 0.1) is 33.6 Å². The van der Waals surface area contributed by atoms with Crippen LogP contribution >= 0.6 is 23.5 Å². The monoisotopic (exact) mass is 1160 g/mol. The Morgan fingerprint density at radius 2 is 0.568 bits per heavy atom. The van der Waals surface area contributed by atoms with Crippen LogP contribution < -0.4 is 9.80 Å². The van der Waals surface area contributed by atoms with E-state index in [0.29, 0.717) is 0 Å². The van der Waals surface area contributed by atoms with Crippen molar-refractivity contribution in [1.29, 1.82) is 0 Å². The van der Waals surface area contributed by atoms with Gasteiger partial charge in [0.1, 0.15) is 0 Å². The van der Waals surface area contributed by atoms with Crippen molar-refractivity contribution in [1.82, 2.24) is 0 Å². The quantitative estimate of drug-likeness (QED) is 0.153. The van der Waals surface area contributed by atoms with Crippen molar-refractivity contribution >= 4 is 90.0 Å². The maximum absolute atomic E-state index is 2.55. The van der Waals surface area contributed by atoms with Crippen LogP contribution in [0.2, 0.25) is 0 Å². The first-order valence-corrected chi connectivity index (χ1v) is 32.2. The lowest BCUT2D eigenvalue weighted by Gasteiger charge is -2.37. The number of hydrogen-bond acceptors (Lipinski definition) is 4. The van der Waals surface area contributed by atoms with Crippen LogP contribution in [0.25, 0.3) is 54.6 Å². The molecule has 18 rings (SSSR count). The maximum atomic E-state index is 2.55. The Hall–Kier alpha value is -9.84. The van der Waals surface area contributed by atoms with Crippen LogP contribution in [-0.4, -0.2) is 0 Å². The predicted molar refractivity (Wildman–Crippen MR) is 370 cm³/mol. The number of nitrogens with zero attached hydrogens (tertiary/aromatic N) is 2. The van der Waals surface area contributed by atoms with Crippen LogP contribution in [0.4, 0.5) is 34.1 Å². The molecule has 0 N–H and O–H groups in total. The molecule has 416 valence electrons. The molecule has 0 fully saturated rings. The Bertz CT molecular complexity index is 4810. The fourth-order valence-corrected chi connectivity index (χ4v) is 17.8. The Labute approximate surface area is 522 Å². The zero-order chi connectivity index (χ0) is 58.6. The first kappa shape index (κ1) is 51.4. The smallest absolute Gasteiger partial charge is 0.0714 e. The number of para-hydroxylation sites is 2. The topological polar surface area (TPSA) is 6.48 Å². The van der Waals surface area contributed by atoms with Gasteiger partial charge in [-0.1, -0.05) is 252 Å². The van der Waals surface area contributed by atoms with Crippen molar-refractivity contribution in [3.8, 4) is 22.3 Å². The molecule has 2 heterocycles. The molecule has 2 aliphatic heterocycles. The van der Waals surface area contributed by atoms with Crippen molar-refractivity contribution in [3.63, 3.8) is 0 Å². The molecule has 0 radical (unpaired) electrons. The average Bonchev–Trinajstić information content (AvgIpc) is 1.51. The van der Waals surface area contributed by atoms with Crippen LogP contribution in [0.5, 0.6) is 0 Å². The Morgan fingerprint density at radius 1 is 0.239 bits per heavy atom. The van der Waals surface area contributed by atoms with Gasteiger partial charge >= 0.3 is 0 Å². The Morgan fingerprint density at radius 3 is 0.955 bits per heavy atom. The van der Waals surface area contributed by atoms with Crippen LogP contribution in [0.15, 0.2) is 299 Å². The Kier molecular flexibility index (Phi) is 11.3. The average molecular weight is 1160 g/mol. The molecule has 0 unspecified atom stereocenters. The third-order valence-electron chi connectivity index (χ3n) is 19.6. The lowest BCUT2D eigenvalue weighted by Crippen LogP contribution is -2.29. The molecule has 0 amide bonds. The van der Waals surface area contributed by atoms with Crippen LogP contribution in [0.3, 0.4) is 0 Å². The fourth-order valence-electron chi connectivity index (χ4n) is 15.6. The number of benzene rings is 14. The molecule has 0 saturated heterocycles. The standard InChI is InChI=1S/C84H58N2S2/c1-51-25-33-55(34-26-51)83(56-35-27-52(2)28-36-56)71-19-9-7-17-65(71)69-47-81-77(49-73(69)83)85(75-21-11-13-23-79(75)87-81)59-41-43-63-64-44-42-60(46-68(64)62-16-6-5-15-61(62)67(63)45-59)86-76-22-12-14-24-80(76)88-82-48-70-66-18-8-10-20-72(66)84(74(70)50-78(82)86,57-37-29-53(3)30-38-57)58-39-31-54(4)32-40-58/h5-50H,1-4H3. The zero-order valence-corrected chi connectivity index (χ0v) is 50.9. The second kappa shape index (κ2) is 19.3. The molecule has 0 spiro atoms. The summed E-state index contributed by atoms with van der Waals surface area (Å²) in [4.78, 5) is 10.1. The number of aryl methyl sites for hydroxylation is 4. The highest BCUT2D eigenvalue weighted by molar-refractivity contribution is 8.00. The summed E-state index contributed by atoms with van der Waals surface area (Å²) >= 11 is 3.77. The highest BCUT2D eigenvalue weighted by atomic mass is 32.2. The normalized spacial score (nSPS) is 14.4. The molecule has 4 aliphatic rings. The van der Waals surface area contributed by atoms with E-state index in [4.69, 9.17) is 0 Å². The summed E-state index contributed by atoms with van der Waals surface area (Å²) in [6, 6.07) is 107.